The molecule has 0 aliphatic rings. The van der Waals surface area contributed by atoms with Crippen molar-refractivity contribution in [3.05, 3.63) is 56.6 Å². The molecule has 0 aliphatic carbocycles. The van der Waals surface area contributed by atoms with Gasteiger partial charge in [-0.05, 0) is 19.9 Å². The van der Waals surface area contributed by atoms with Gasteiger partial charge in [-0.15, -0.1) is 5.92 Å². The van der Waals surface area contributed by atoms with Gasteiger partial charge in [0.25, 0.3) is 5.56 Å². The molecule has 0 saturated heterocycles. The quantitative estimate of drug-likeness (QED) is 0.515. The summed E-state index contributed by atoms with van der Waals surface area (Å²) < 4.78 is 4.18. The highest BCUT2D eigenvalue weighted by Crippen LogP contribution is 2.16. The summed E-state index contributed by atoms with van der Waals surface area (Å²) in [7, 11) is 3.30. The minimum atomic E-state index is -0.476. The van der Waals surface area contributed by atoms with Gasteiger partial charge in [-0.1, -0.05) is 24.1 Å². The van der Waals surface area contributed by atoms with Gasteiger partial charge in [-0.3, -0.25) is 18.5 Å². The largest absolute Gasteiger partial charge is 0.359 e. The molecule has 0 bridgehead atoms. The van der Waals surface area contributed by atoms with Gasteiger partial charge in [0.15, 0.2) is 11.2 Å². The fourth-order valence-electron chi connectivity index (χ4n) is 3.52. The summed E-state index contributed by atoms with van der Waals surface area (Å²) in [6.45, 7) is 3.86. The Bertz CT molecular complexity index is 1460. The maximum absolute atomic E-state index is 13.3. The number of aryl methyl sites for hydroxylation is 2. The molecule has 9 heteroatoms. The van der Waals surface area contributed by atoms with E-state index in [9.17, 15) is 9.59 Å². The Morgan fingerprint density at radius 2 is 1.87 bits per heavy atom. The minimum Gasteiger partial charge on any atom is -0.359 e. The molecule has 0 fully saturated rings. The van der Waals surface area contributed by atoms with Crippen molar-refractivity contribution in [2.75, 3.05) is 12.4 Å². The van der Waals surface area contributed by atoms with Gasteiger partial charge in [0.1, 0.15) is 5.82 Å². The molecule has 1 N–H and O–H groups in total. The fourth-order valence-corrected chi connectivity index (χ4v) is 3.52. The normalized spacial score (nSPS) is 10.9. The lowest BCUT2D eigenvalue weighted by atomic mass is 10.2. The van der Waals surface area contributed by atoms with Gasteiger partial charge in [-0.25, -0.2) is 14.8 Å². The summed E-state index contributed by atoms with van der Waals surface area (Å²) in [5.74, 6) is 6.64. The highest BCUT2D eigenvalue weighted by atomic mass is 16.2. The van der Waals surface area contributed by atoms with Crippen LogP contribution in [0.2, 0.25) is 0 Å². The van der Waals surface area contributed by atoms with Crippen molar-refractivity contribution >= 4 is 28.0 Å². The van der Waals surface area contributed by atoms with E-state index in [2.05, 4.69) is 32.1 Å². The van der Waals surface area contributed by atoms with Crippen LogP contribution in [0, 0.1) is 18.8 Å². The third-order valence-corrected chi connectivity index (χ3v) is 5.01. The Morgan fingerprint density at radius 1 is 1.10 bits per heavy atom. The molecule has 0 unspecified atom stereocenters. The van der Waals surface area contributed by atoms with Crippen molar-refractivity contribution in [1.82, 2.24) is 28.7 Å². The van der Waals surface area contributed by atoms with Crippen molar-refractivity contribution in [2.24, 2.45) is 7.05 Å². The van der Waals surface area contributed by atoms with Crippen LogP contribution in [0.3, 0.4) is 0 Å². The monoisotopic (exact) mass is 403 g/mol. The molecule has 3 heterocycles. The molecule has 30 heavy (non-hydrogen) atoms. The fraction of sp³-hybridized carbons (Fsp3) is 0.286. The second-order valence-corrected chi connectivity index (χ2v) is 6.85. The summed E-state index contributed by atoms with van der Waals surface area (Å²) in [6.07, 6.45) is 0. The second kappa shape index (κ2) is 7.48. The number of fused-ring (bicyclic) bond motifs is 2. The van der Waals surface area contributed by atoms with Crippen LogP contribution < -0.4 is 16.6 Å². The first-order chi connectivity index (χ1) is 14.5. The van der Waals surface area contributed by atoms with Crippen molar-refractivity contribution < 1.29 is 0 Å². The Kier molecular flexibility index (Phi) is 4.83. The molecule has 0 aliphatic heterocycles. The lowest BCUT2D eigenvalue weighted by molar-refractivity contribution is 0.633. The third kappa shape index (κ3) is 3.03. The number of rotatable bonds is 4. The number of nitrogens with zero attached hydrogens (tertiary/aromatic N) is 6. The second-order valence-electron chi connectivity index (χ2n) is 6.85. The summed E-state index contributed by atoms with van der Waals surface area (Å²) in [5.41, 5.74) is 1.25. The zero-order valence-corrected chi connectivity index (χ0v) is 17.2. The SMILES string of the molecule is CC#CCn1c(NC)nc2c1c(=O)n(Cc1nc(C)c3ccccc3n1)c(=O)n2C. The third-order valence-electron chi connectivity index (χ3n) is 5.01. The van der Waals surface area contributed by atoms with Crippen LogP contribution in [0.25, 0.3) is 22.1 Å². The number of aromatic nitrogens is 6. The van der Waals surface area contributed by atoms with E-state index in [1.807, 2.05) is 31.2 Å². The number of imidazole rings is 1. The topological polar surface area (TPSA) is 99.6 Å². The Hall–Kier alpha value is -3.93. The van der Waals surface area contributed by atoms with E-state index in [0.29, 0.717) is 22.9 Å². The maximum Gasteiger partial charge on any atom is 0.332 e. The molecule has 0 amide bonds. The first-order valence-corrected chi connectivity index (χ1v) is 9.46. The molecule has 9 nitrogen and oxygen atoms in total. The van der Waals surface area contributed by atoms with E-state index in [1.165, 1.54) is 4.57 Å². The van der Waals surface area contributed by atoms with E-state index in [-0.39, 0.29) is 13.1 Å². The summed E-state index contributed by atoms with van der Waals surface area (Å²) >= 11 is 0. The number of para-hydroxylation sites is 1. The molecule has 3 aromatic heterocycles. The summed E-state index contributed by atoms with van der Waals surface area (Å²) in [6, 6.07) is 7.64. The van der Waals surface area contributed by atoms with Crippen molar-refractivity contribution in [3.8, 4) is 11.8 Å². The van der Waals surface area contributed by atoms with Crippen molar-refractivity contribution in [3.63, 3.8) is 0 Å². The molecule has 1 aromatic carbocycles. The van der Waals surface area contributed by atoms with E-state index in [1.54, 1.807) is 25.6 Å². The number of benzene rings is 1. The average Bonchev–Trinajstić information content (AvgIpc) is 3.12. The Morgan fingerprint density at radius 3 is 2.60 bits per heavy atom. The van der Waals surface area contributed by atoms with Gasteiger partial charge in [0.2, 0.25) is 5.95 Å². The smallest absolute Gasteiger partial charge is 0.332 e. The van der Waals surface area contributed by atoms with E-state index >= 15 is 0 Å². The maximum atomic E-state index is 13.3. The van der Waals surface area contributed by atoms with Crippen LogP contribution in [-0.4, -0.2) is 35.7 Å². The van der Waals surface area contributed by atoms with Crippen molar-refractivity contribution in [2.45, 2.75) is 26.9 Å². The number of hydrogen-bond acceptors (Lipinski definition) is 6. The Labute approximate surface area is 172 Å². The van der Waals surface area contributed by atoms with Crippen LogP contribution in [0.1, 0.15) is 18.4 Å². The van der Waals surface area contributed by atoms with Crippen LogP contribution >= 0.6 is 0 Å². The van der Waals surface area contributed by atoms with Crippen LogP contribution in [0.15, 0.2) is 33.9 Å². The van der Waals surface area contributed by atoms with Crippen LogP contribution in [0.4, 0.5) is 5.95 Å². The zero-order chi connectivity index (χ0) is 21.4. The molecular weight excluding hydrogens is 382 g/mol. The first-order valence-electron chi connectivity index (χ1n) is 9.46. The van der Waals surface area contributed by atoms with E-state index < -0.39 is 11.2 Å². The minimum absolute atomic E-state index is 0.0351. The predicted molar refractivity (Wildman–Crippen MR) is 116 cm³/mol. The molecular formula is C21H21N7O2. The van der Waals surface area contributed by atoms with Crippen LogP contribution in [-0.2, 0) is 20.1 Å². The van der Waals surface area contributed by atoms with Gasteiger partial charge in [0.05, 0.1) is 18.6 Å². The summed E-state index contributed by atoms with van der Waals surface area (Å²) in [5, 5.41) is 3.90. The van der Waals surface area contributed by atoms with E-state index in [0.717, 1.165) is 21.2 Å². The predicted octanol–water partition coefficient (Wildman–Crippen LogP) is 1.26. The van der Waals surface area contributed by atoms with Gasteiger partial charge in [-0.2, -0.15) is 4.98 Å². The van der Waals surface area contributed by atoms with E-state index in [4.69, 9.17) is 0 Å². The van der Waals surface area contributed by atoms with Gasteiger partial charge < -0.3 is 5.32 Å². The molecule has 152 valence electrons. The molecule has 0 radical (unpaired) electrons. The molecule has 0 spiro atoms. The molecule has 4 aromatic rings. The highest BCUT2D eigenvalue weighted by Gasteiger charge is 2.20. The van der Waals surface area contributed by atoms with Gasteiger partial charge in [0, 0.05) is 25.2 Å². The van der Waals surface area contributed by atoms with Gasteiger partial charge >= 0.3 is 5.69 Å². The molecule has 4 rings (SSSR count). The standard InChI is InChI=1S/C21H21N7O2/c1-5-6-11-27-17-18(25-20(27)22-3)26(4)21(30)28(19(17)29)12-16-23-13(2)14-9-7-8-10-15(14)24-16/h7-10H,11-12H2,1-4H3,(H,22,25). The molecule has 0 saturated carbocycles. The highest BCUT2D eigenvalue weighted by molar-refractivity contribution is 5.80. The number of anilines is 1. The van der Waals surface area contributed by atoms with Crippen LogP contribution in [0.5, 0.6) is 0 Å². The molecule has 0 atom stereocenters. The number of nitrogens with one attached hydrogen (secondary N) is 1. The lowest BCUT2D eigenvalue weighted by Gasteiger charge is -2.10. The first kappa shape index (κ1) is 19.4. The summed E-state index contributed by atoms with van der Waals surface area (Å²) in [4.78, 5) is 39.7. The lowest BCUT2D eigenvalue weighted by Crippen LogP contribution is -2.40. The zero-order valence-electron chi connectivity index (χ0n) is 17.2. The average molecular weight is 403 g/mol. The van der Waals surface area contributed by atoms with Crippen molar-refractivity contribution in [1.29, 1.82) is 0 Å². The Balaban J connectivity index is 1.94. The number of hydrogen-bond donors (Lipinski definition) is 1.